The first-order valence-corrected chi connectivity index (χ1v) is 11.2. The molecule has 2 aliphatic heterocycles. The molecule has 1 saturated heterocycles. The van der Waals surface area contributed by atoms with E-state index in [9.17, 15) is 17.2 Å². The molecule has 2 heterocycles. The Bertz CT molecular complexity index is 1010. The summed E-state index contributed by atoms with van der Waals surface area (Å²) in [6.07, 6.45) is 1.55. The van der Waals surface area contributed by atoms with Crippen molar-refractivity contribution in [3.63, 3.8) is 0 Å². The van der Waals surface area contributed by atoms with Crippen LogP contribution in [-0.2, 0) is 27.7 Å². The van der Waals surface area contributed by atoms with Gasteiger partial charge in [-0.3, -0.25) is 4.90 Å². The summed E-state index contributed by atoms with van der Waals surface area (Å²) in [6.45, 7) is 3.82. The number of rotatable bonds is 3. The summed E-state index contributed by atoms with van der Waals surface area (Å²) in [5, 5.41) is 0. The Kier molecular flexibility index (Phi) is 5.02. The molecule has 4 rings (SSSR count). The highest BCUT2D eigenvalue weighted by Crippen LogP contribution is 2.38. The van der Waals surface area contributed by atoms with Crippen molar-refractivity contribution in [1.29, 1.82) is 0 Å². The van der Waals surface area contributed by atoms with Crippen molar-refractivity contribution in [2.24, 2.45) is 5.92 Å². The van der Waals surface area contributed by atoms with E-state index in [4.69, 9.17) is 4.74 Å². The summed E-state index contributed by atoms with van der Waals surface area (Å²) in [7, 11) is -3.23. The lowest BCUT2D eigenvalue weighted by atomic mass is 9.88. The fraction of sp³-hybridized carbons (Fsp3) is 0.429. The second-order valence-electron chi connectivity index (χ2n) is 7.89. The van der Waals surface area contributed by atoms with Gasteiger partial charge in [0, 0.05) is 31.0 Å². The molecule has 3 atom stereocenters. The van der Waals surface area contributed by atoms with Crippen LogP contribution in [0.25, 0.3) is 0 Å². The van der Waals surface area contributed by atoms with Crippen LogP contribution in [-0.4, -0.2) is 32.2 Å². The smallest absolute Gasteiger partial charge is 0.175 e. The molecule has 0 aromatic heterocycles. The molecule has 0 saturated carbocycles. The van der Waals surface area contributed by atoms with E-state index >= 15 is 0 Å². The van der Waals surface area contributed by atoms with Crippen LogP contribution < -0.4 is 0 Å². The van der Waals surface area contributed by atoms with Crippen molar-refractivity contribution in [2.75, 3.05) is 12.9 Å². The first-order chi connectivity index (χ1) is 13.2. The Morgan fingerprint density at radius 2 is 1.82 bits per heavy atom. The van der Waals surface area contributed by atoms with Gasteiger partial charge in [-0.1, -0.05) is 13.0 Å². The van der Waals surface area contributed by atoms with Gasteiger partial charge in [-0.15, -0.1) is 0 Å². The number of halogens is 2. The summed E-state index contributed by atoms with van der Waals surface area (Å²) >= 11 is 0. The third kappa shape index (κ3) is 3.71. The van der Waals surface area contributed by atoms with Gasteiger partial charge in [0.25, 0.3) is 0 Å². The van der Waals surface area contributed by atoms with E-state index in [1.165, 1.54) is 12.3 Å². The average molecular weight is 407 g/mol. The highest BCUT2D eigenvalue weighted by molar-refractivity contribution is 7.90. The van der Waals surface area contributed by atoms with E-state index in [0.29, 0.717) is 18.0 Å². The first kappa shape index (κ1) is 19.5. The third-order valence-electron chi connectivity index (χ3n) is 5.76. The Labute approximate surface area is 164 Å². The summed E-state index contributed by atoms with van der Waals surface area (Å²) < 4.78 is 57.2. The second-order valence-corrected chi connectivity index (χ2v) is 9.91. The Hall–Kier alpha value is -1.83. The zero-order valence-corrected chi connectivity index (χ0v) is 16.7. The lowest BCUT2D eigenvalue weighted by Gasteiger charge is -2.39. The van der Waals surface area contributed by atoms with Gasteiger partial charge in [-0.05, 0) is 53.8 Å². The van der Waals surface area contributed by atoms with Crippen molar-refractivity contribution in [2.45, 2.75) is 43.5 Å². The maximum Gasteiger partial charge on any atom is 0.175 e. The number of hydrogen-bond acceptors (Lipinski definition) is 4. The van der Waals surface area contributed by atoms with E-state index in [1.807, 2.05) is 13.0 Å². The van der Waals surface area contributed by atoms with Gasteiger partial charge in [0.1, 0.15) is 11.6 Å². The van der Waals surface area contributed by atoms with E-state index in [2.05, 4.69) is 4.90 Å². The van der Waals surface area contributed by atoms with Crippen LogP contribution in [0.3, 0.4) is 0 Å². The minimum Gasteiger partial charge on any atom is -0.372 e. The molecule has 150 valence electrons. The molecule has 0 amide bonds. The molecule has 2 aromatic carbocycles. The molecule has 28 heavy (non-hydrogen) atoms. The van der Waals surface area contributed by atoms with Gasteiger partial charge in [0.15, 0.2) is 9.84 Å². The van der Waals surface area contributed by atoms with E-state index < -0.39 is 27.6 Å². The quantitative estimate of drug-likeness (QED) is 0.775. The third-order valence-corrected chi connectivity index (χ3v) is 6.87. The van der Waals surface area contributed by atoms with Crippen LogP contribution in [0.5, 0.6) is 0 Å². The summed E-state index contributed by atoms with van der Waals surface area (Å²) in [5.41, 5.74) is 2.42. The monoisotopic (exact) mass is 407 g/mol. The van der Waals surface area contributed by atoms with Crippen molar-refractivity contribution in [1.82, 2.24) is 4.90 Å². The number of ether oxygens (including phenoxy) is 1. The van der Waals surface area contributed by atoms with Crippen LogP contribution in [0, 0.1) is 17.6 Å². The largest absolute Gasteiger partial charge is 0.372 e. The Morgan fingerprint density at radius 1 is 1.07 bits per heavy atom. The van der Waals surface area contributed by atoms with Gasteiger partial charge in [-0.2, -0.15) is 0 Å². The minimum absolute atomic E-state index is 0.0327. The number of nitrogens with zero attached hydrogens (tertiary/aromatic N) is 1. The van der Waals surface area contributed by atoms with Crippen LogP contribution in [0.2, 0.25) is 0 Å². The van der Waals surface area contributed by atoms with Crippen LogP contribution in [0.1, 0.15) is 36.1 Å². The molecule has 0 aliphatic carbocycles. The topological polar surface area (TPSA) is 46.6 Å². The highest BCUT2D eigenvalue weighted by atomic mass is 32.2. The molecule has 7 heteroatoms. The standard InChI is InChI=1S/C21H23F2NO3S/c1-13-7-17(12-27-21(13)19-9-16(22)4-6-20(19)23)24-10-14-3-5-18(28(2,25)26)8-15(14)11-24/h3-6,8-9,13,17,21H,7,10-12H2,1-2H3/t13-,17+,21-/m0/s1. The lowest BCUT2D eigenvalue weighted by Crippen LogP contribution is -2.41. The van der Waals surface area contributed by atoms with E-state index in [0.717, 1.165) is 36.2 Å². The fourth-order valence-corrected chi connectivity index (χ4v) is 4.94. The molecular formula is C21H23F2NO3S. The first-order valence-electron chi connectivity index (χ1n) is 9.35. The average Bonchev–Trinajstić information content (AvgIpc) is 3.06. The molecule has 1 fully saturated rings. The van der Waals surface area contributed by atoms with Gasteiger partial charge in [0.2, 0.25) is 0 Å². The number of hydrogen-bond donors (Lipinski definition) is 0. The highest BCUT2D eigenvalue weighted by Gasteiger charge is 2.36. The van der Waals surface area contributed by atoms with Gasteiger partial charge < -0.3 is 4.74 Å². The molecule has 0 N–H and O–H groups in total. The molecule has 0 unspecified atom stereocenters. The minimum atomic E-state index is -3.23. The summed E-state index contributed by atoms with van der Waals surface area (Å²) in [5.74, 6) is -0.880. The SMILES string of the molecule is C[C@H]1C[C@@H](N2Cc3ccc(S(C)(=O)=O)cc3C2)CO[C@@H]1c1cc(F)ccc1F. The van der Waals surface area contributed by atoms with E-state index in [-0.39, 0.29) is 17.5 Å². The van der Waals surface area contributed by atoms with Crippen LogP contribution in [0.4, 0.5) is 8.78 Å². The van der Waals surface area contributed by atoms with Crippen LogP contribution >= 0.6 is 0 Å². The second kappa shape index (κ2) is 7.21. The molecule has 0 bridgehead atoms. The lowest BCUT2D eigenvalue weighted by molar-refractivity contribution is -0.0721. The maximum atomic E-state index is 14.1. The zero-order chi connectivity index (χ0) is 20.1. The molecule has 0 radical (unpaired) electrons. The molecule has 0 spiro atoms. The number of fused-ring (bicyclic) bond motifs is 1. The van der Waals surface area contributed by atoms with Crippen molar-refractivity contribution >= 4 is 9.84 Å². The van der Waals surface area contributed by atoms with Crippen molar-refractivity contribution in [3.05, 3.63) is 64.7 Å². The van der Waals surface area contributed by atoms with Crippen molar-refractivity contribution < 1.29 is 21.9 Å². The molecule has 2 aliphatic rings. The molecule has 4 nitrogen and oxygen atoms in total. The predicted molar refractivity (Wildman–Crippen MR) is 101 cm³/mol. The van der Waals surface area contributed by atoms with Crippen molar-refractivity contribution in [3.8, 4) is 0 Å². The van der Waals surface area contributed by atoms with Gasteiger partial charge >= 0.3 is 0 Å². The Morgan fingerprint density at radius 3 is 2.54 bits per heavy atom. The summed E-state index contributed by atoms with van der Waals surface area (Å²) in [4.78, 5) is 2.61. The zero-order valence-electron chi connectivity index (χ0n) is 15.9. The fourth-order valence-electron chi connectivity index (χ4n) is 4.27. The number of sulfone groups is 1. The predicted octanol–water partition coefficient (Wildman–Crippen LogP) is 3.85. The Balaban J connectivity index is 1.47. The maximum absolute atomic E-state index is 14.1. The molecule has 2 aromatic rings. The van der Waals surface area contributed by atoms with E-state index in [1.54, 1.807) is 12.1 Å². The summed E-state index contributed by atoms with van der Waals surface area (Å²) in [6, 6.07) is 8.91. The molecular weight excluding hydrogens is 384 g/mol. The normalized spacial score (nSPS) is 25.6. The number of benzene rings is 2. The van der Waals surface area contributed by atoms with Gasteiger partial charge in [0.05, 0.1) is 17.6 Å². The van der Waals surface area contributed by atoms with Gasteiger partial charge in [-0.25, -0.2) is 17.2 Å². The van der Waals surface area contributed by atoms with Crippen LogP contribution in [0.15, 0.2) is 41.3 Å².